The van der Waals surface area contributed by atoms with Crippen LogP contribution in [0.3, 0.4) is 0 Å². The number of ether oxygens (including phenoxy) is 1. The lowest BCUT2D eigenvalue weighted by Crippen LogP contribution is -2.20. The fourth-order valence-electron chi connectivity index (χ4n) is 2.68. The van der Waals surface area contributed by atoms with E-state index in [1.165, 1.54) is 0 Å². The van der Waals surface area contributed by atoms with Gasteiger partial charge in [0.05, 0.1) is 30.5 Å². The minimum Gasteiger partial charge on any atom is -0.493 e. The number of pyridine rings is 1. The molecule has 2 heterocycles. The van der Waals surface area contributed by atoms with Crippen molar-refractivity contribution >= 4 is 11.7 Å². The van der Waals surface area contributed by atoms with Crippen LogP contribution in [0.1, 0.15) is 30.1 Å². The molecule has 3 aromatic rings. The lowest BCUT2D eigenvalue weighted by atomic mass is 10.1. The van der Waals surface area contributed by atoms with Gasteiger partial charge in [-0.05, 0) is 37.1 Å². The van der Waals surface area contributed by atoms with Crippen molar-refractivity contribution in [2.24, 2.45) is 0 Å². The number of carboxylic acid groups (broad SMARTS) is 1. The van der Waals surface area contributed by atoms with E-state index in [0.29, 0.717) is 11.5 Å². The summed E-state index contributed by atoms with van der Waals surface area (Å²) in [5.74, 6) is 2.09. The number of nitrogens with zero attached hydrogens (tertiary/aromatic N) is 5. The molecule has 2 aromatic heterocycles. The summed E-state index contributed by atoms with van der Waals surface area (Å²) in [5, 5.41) is 31.0. The summed E-state index contributed by atoms with van der Waals surface area (Å²) in [7, 11) is 1.64. The number of amides is 1. The van der Waals surface area contributed by atoms with E-state index in [4.69, 9.17) is 20.4 Å². The van der Waals surface area contributed by atoms with E-state index in [1.807, 2.05) is 46.2 Å². The number of nitriles is 2. The number of carbonyl (C=O) groups is 1. The Labute approximate surface area is 166 Å². The monoisotopic (exact) mass is 390 g/mol. The first-order chi connectivity index (χ1) is 14.1. The fraction of sp³-hybridized carbons (Fsp3) is 0.250. The van der Waals surface area contributed by atoms with Crippen LogP contribution in [0.5, 0.6) is 5.75 Å². The molecule has 9 nitrogen and oxygen atoms in total. The highest BCUT2D eigenvalue weighted by molar-refractivity contribution is 5.67. The molecule has 0 atom stereocenters. The summed E-state index contributed by atoms with van der Waals surface area (Å²) in [4.78, 5) is 14.1. The second-order valence-corrected chi connectivity index (χ2v) is 6.27. The average Bonchev–Trinajstić information content (AvgIpc) is 3.50. The minimum absolute atomic E-state index is 0.144. The molecule has 1 aliphatic carbocycles. The van der Waals surface area contributed by atoms with Gasteiger partial charge < -0.3 is 15.2 Å². The molecule has 9 heteroatoms. The predicted molar refractivity (Wildman–Crippen MR) is 103 cm³/mol. The molecule has 0 saturated heterocycles. The zero-order valence-electron chi connectivity index (χ0n) is 15.7. The Bertz CT molecular complexity index is 1100. The summed E-state index contributed by atoms with van der Waals surface area (Å²) in [5.41, 5.74) is 3.33. The van der Waals surface area contributed by atoms with Crippen molar-refractivity contribution in [1.29, 1.82) is 10.5 Å². The highest BCUT2D eigenvalue weighted by Gasteiger charge is 2.29. The lowest BCUT2D eigenvalue weighted by molar-refractivity contribution is 0.196. The van der Waals surface area contributed by atoms with Gasteiger partial charge in [-0.25, -0.2) is 14.3 Å². The molecule has 1 aliphatic rings. The number of fused-ring (bicyclic) bond motifs is 1. The van der Waals surface area contributed by atoms with Gasteiger partial charge in [0.25, 0.3) is 0 Å². The van der Waals surface area contributed by atoms with Crippen molar-refractivity contribution in [3.8, 4) is 29.1 Å². The minimum atomic E-state index is -1.17. The topological polar surface area (TPSA) is 136 Å². The van der Waals surface area contributed by atoms with Crippen molar-refractivity contribution in [2.75, 3.05) is 13.7 Å². The van der Waals surface area contributed by atoms with Gasteiger partial charge in [0.1, 0.15) is 6.54 Å². The van der Waals surface area contributed by atoms with Crippen LogP contribution < -0.4 is 10.1 Å². The Balaban J connectivity index is 0.000000298. The predicted octanol–water partition coefficient (Wildman–Crippen LogP) is 2.93. The van der Waals surface area contributed by atoms with Gasteiger partial charge in [-0.2, -0.15) is 15.6 Å². The molecule has 0 aliphatic heterocycles. The summed E-state index contributed by atoms with van der Waals surface area (Å²) in [6.45, 7) is -0.144. The molecule has 146 valence electrons. The van der Waals surface area contributed by atoms with E-state index in [1.54, 1.807) is 13.2 Å². The van der Waals surface area contributed by atoms with E-state index >= 15 is 0 Å². The zero-order chi connectivity index (χ0) is 20.8. The van der Waals surface area contributed by atoms with Crippen molar-refractivity contribution < 1.29 is 14.6 Å². The van der Waals surface area contributed by atoms with Gasteiger partial charge in [-0.3, -0.25) is 0 Å². The number of hydrogen-bond acceptors (Lipinski definition) is 6. The van der Waals surface area contributed by atoms with Crippen LogP contribution in [0, 0.1) is 22.7 Å². The van der Waals surface area contributed by atoms with Crippen LogP contribution >= 0.6 is 0 Å². The van der Waals surface area contributed by atoms with E-state index in [2.05, 4.69) is 16.2 Å². The summed E-state index contributed by atoms with van der Waals surface area (Å²) in [6.07, 6.45) is 1.15. The summed E-state index contributed by atoms with van der Waals surface area (Å²) < 4.78 is 7.24. The number of hydrogen-bond donors (Lipinski definition) is 2. The van der Waals surface area contributed by atoms with Crippen LogP contribution in [0.25, 0.3) is 16.9 Å². The Kier molecular flexibility index (Phi) is 5.91. The standard InChI is InChI=1S/C17H14N4O.C3H4N2O2/c1-22-15-9-8-14(12-4-2-11(10-18)3-5-12)21-17(15)19-16(20-21)13-6-7-13;4-1-2-5-3(6)7/h2-5,8-9,13H,6-7H2,1H3;5H,2H2,(H,6,7). The molecule has 1 saturated carbocycles. The van der Waals surface area contributed by atoms with Crippen molar-refractivity contribution in [3.05, 3.63) is 47.8 Å². The van der Waals surface area contributed by atoms with Crippen LogP contribution in [0.2, 0.25) is 0 Å². The number of methoxy groups -OCH3 is 1. The smallest absolute Gasteiger partial charge is 0.405 e. The van der Waals surface area contributed by atoms with Gasteiger partial charge >= 0.3 is 6.09 Å². The maximum Gasteiger partial charge on any atom is 0.405 e. The highest BCUT2D eigenvalue weighted by Crippen LogP contribution is 2.39. The SMILES string of the molecule is COc1ccc(-c2ccc(C#N)cc2)n2nc(C3CC3)nc12.N#CCNC(=O)O. The maximum atomic E-state index is 9.50. The van der Waals surface area contributed by atoms with E-state index in [-0.39, 0.29) is 6.54 Å². The first-order valence-electron chi connectivity index (χ1n) is 8.85. The molecule has 0 unspecified atom stereocenters. The zero-order valence-corrected chi connectivity index (χ0v) is 15.7. The Hall–Kier alpha value is -4.11. The lowest BCUT2D eigenvalue weighted by Gasteiger charge is -2.07. The summed E-state index contributed by atoms with van der Waals surface area (Å²) >= 11 is 0. The molecule has 1 amide bonds. The van der Waals surface area contributed by atoms with Gasteiger partial charge in [-0.15, -0.1) is 0 Å². The number of benzene rings is 1. The molecule has 1 fully saturated rings. The Morgan fingerprint density at radius 1 is 1.28 bits per heavy atom. The van der Waals surface area contributed by atoms with E-state index < -0.39 is 6.09 Å². The van der Waals surface area contributed by atoms with Crippen molar-refractivity contribution in [3.63, 3.8) is 0 Å². The van der Waals surface area contributed by atoms with Gasteiger partial charge in [0.2, 0.25) is 0 Å². The second kappa shape index (κ2) is 8.72. The van der Waals surface area contributed by atoms with Crippen LogP contribution in [-0.4, -0.2) is 39.5 Å². The van der Waals surface area contributed by atoms with E-state index in [0.717, 1.165) is 41.3 Å². The van der Waals surface area contributed by atoms with Gasteiger partial charge in [0.15, 0.2) is 17.2 Å². The first kappa shape index (κ1) is 19.6. The molecule has 0 spiro atoms. The molecular formula is C20H18N6O3. The molecule has 0 bridgehead atoms. The quantitative estimate of drug-likeness (QED) is 0.653. The molecule has 4 rings (SSSR count). The molecule has 29 heavy (non-hydrogen) atoms. The average molecular weight is 390 g/mol. The van der Waals surface area contributed by atoms with Crippen LogP contribution in [0.4, 0.5) is 4.79 Å². The third-order valence-electron chi connectivity index (χ3n) is 4.26. The van der Waals surface area contributed by atoms with Crippen molar-refractivity contribution in [2.45, 2.75) is 18.8 Å². The van der Waals surface area contributed by atoms with Crippen LogP contribution in [-0.2, 0) is 0 Å². The Morgan fingerprint density at radius 3 is 2.52 bits per heavy atom. The number of nitrogens with one attached hydrogen (secondary N) is 1. The normalized spacial score (nSPS) is 12.2. The molecule has 1 aromatic carbocycles. The highest BCUT2D eigenvalue weighted by atomic mass is 16.5. The maximum absolute atomic E-state index is 9.50. The third-order valence-corrected chi connectivity index (χ3v) is 4.26. The number of aromatic nitrogens is 3. The van der Waals surface area contributed by atoms with E-state index in [9.17, 15) is 4.79 Å². The van der Waals surface area contributed by atoms with Gasteiger partial charge in [-0.1, -0.05) is 12.1 Å². The molecule has 2 N–H and O–H groups in total. The van der Waals surface area contributed by atoms with Crippen LogP contribution in [0.15, 0.2) is 36.4 Å². The van der Waals surface area contributed by atoms with Crippen molar-refractivity contribution in [1.82, 2.24) is 19.9 Å². The second-order valence-electron chi connectivity index (χ2n) is 6.27. The molecular weight excluding hydrogens is 372 g/mol. The fourth-order valence-corrected chi connectivity index (χ4v) is 2.68. The molecule has 0 radical (unpaired) electrons. The Morgan fingerprint density at radius 2 is 2.00 bits per heavy atom. The number of rotatable bonds is 4. The largest absolute Gasteiger partial charge is 0.493 e. The third kappa shape index (κ3) is 4.60. The summed E-state index contributed by atoms with van der Waals surface area (Å²) in [6, 6.07) is 15.1. The first-order valence-corrected chi connectivity index (χ1v) is 8.85. The van der Waals surface area contributed by atoms with Gasteiger partial charge in [0, 0.05) is 11.5 Å².